The van der Waals surface area contributed by atoms with Crippen LogP contribution in [0.1, 0.15) is 30.8 Å². The third-order valence-electron chi connectivity index (χ3n) is 3.13. The molecular formula is C15H18Br2N4. The molecule has 0 aliphatic heterocycles. The second kappa shape index (κ2) is 6.94. The normalized spacial score (nSPS) is 11.2. The van der Waals surface area contributed by atoms with Gasteiger partial charge in [0.15, 0.2) is 5.82 Å². The van der Waals surface area contributed by atoms with E-state index >= 15 is 0 Å². The van der Waals surface area contributed by atoms with E-state index in [9.17, 15) is 0 Å². The number of nitrogens with zero attached hydrogens (tertiary/aromatic N) is 3. The zero-order valence-electron chi connectivity index (χ0n) is 12.5. The summed E-state index contributed by atoms with van der Waals surface area (Å²) in [6.07, 6.45) is 1.75. The summed E-state index contributed by atoms with van der Waals surface area (Å²) in [6.45, 7) is 9.07. The highest BCUT2D eigenvalue weighted by Crippen LogP contribution is 2.27. The van der Waals surface area contributed by atoms with Gasteiger partial charge in [-0.3, -0.25) is 4.98 Å². The lowest BCUT2D eigenvalue weighted by molar-refractivity contribution is 0.583. The molecule has 0 aliphatic carbocycles. The van der Waals surface area contributed by atoms with Crippen LogP contribution in [0.4, 0.5) is 0 Å². The van der Waals surface area contributed by atoms with E-state index in [0.717, 1.165) is 38.1 Å². The Bertz CT molecular complexity index is 633. The maximum absolute atomic E-state index is 4.61. The zero-order chi connectivity index (χ0) is 15.6. The Morgan fingerprint density at radius 2 is 1.76 bits per heavy atom. The topological polar surface area (TPSA) is 50.7 Å². The van der Waals surface area contributed by atoms with Crippen LogP contribution in [0, 0.1) is 13.8 Å². The summed E-state index contributed by atoms with van der Waals surface area (Å²) in [6, 6.07) is 2.38. The van der Waals surface area contributed by atoms with Crippen molar-refractivity contribution >= 4 is 31.9 Å². The maximum atomic E-state index is 4.61. The molecule has 0 amide bonds. The van der Waals surface area contributed by atoms with Crippen molar-refractivity contribution < 1.29 is 0 Å². The SMILES string of the molecule is Cc1nc(-c2ncc(Br)cc2Br)nc(C)c1CNC(C)C. The molecule has 2 aromatic heterocycles. The van der Waals surface area contributed by atoms with Gasteiger partial charge in [-0.15, -0.1) is 0 Å². The average Bonchev–Trinajstić information content (AvgIpc) is 2.37. The number of rotatable bonds is 4. The summed E-state index contributed by atoms with van der Waals surface area (Å²) in [7, 11) is 0. The van der Waals surface area contributed by atoms with E-state index in [0.29, 0.717) is 11.9 Å². The fraction of sp³-hybridized carbons (Fsp3) is 0.400. The first-order valence-corrected chi connectivity index (χ1v) is 8.36. The van der Waals surface area contributed by atoms with Crippen LogP contribution in [0.2, 0.25) is 0 Å². The molecule has 2 heterocycles. The Balaban J connectivity index is 2.39. The van der Waals surface area contributed by atoms with Crippen LogP contribution in [0.25, 0.3) is 11.5 Å². The molecule has 0 spiro atoms. The maximum Gasteiger partial charge on any atom is 0.179 e. The summed E-state index contributed by atoms with van der Waals surface area (Å²) in [4.78, 5) is 13.6. The second-order valence-corrected chi connectivity index (χ2v) is 6.99. The van der Waals surface area contributed by atoms with E-state index in [1.807, 2.05) is 19.9 Å². The summed E-state index contributed by atoms with van der Waals surface area (Å²) < 4.78 is 1.80. The number of aryl methyl sites for hydroxylation is 2. The van der Waals surface area contributed by atoms with Gasteiger partial charge in [-0.2, -0.15) is 0 Å². The number of hydrogen-bond acceptors (Lipinski definition) is 4. The lowest BCUT2D eigenvalue weighted by Crippen LogP contribution is -2.23. The van der Waals surface area contributed by atoms with Crippen LogP contribution in [-0.2, 0) is 6.54 Å². The largest absolute Gasteiger partial charge is 0.310 e. The highest BCUT2D eigenvalue weighted by molar-refractivity contribution is 9.11. The fourth-order valence-electron chi connectivity index (χ4n) is 1.99. The third-order valence-corrected chi connectivity index (χ3v) is 4.17. The van der Waals surface area contributed by atoms with E-state index < -0.39 is 0 Å². The molecule has 4 nitrogen and oxygen atoms in total. The van der Waals surface area contributed by atoms with Gasteiger partial charge in [0.25, 0.3) is 0 Å². The monoisotopic (exact) mass is 412 g/mol. The first-order chi connectivity index (χ1) is 9.88. The van der Waals surface area contributed by atoms with Gasteiger partial charge in [-0.05, 0) is 51.8 Å². The van der Waals surface area contributed by atoms with Gasteiger partial charge in [0, 0.05) is 44.7 Å². The first kappa shape index (κ1) is 16.5. The second-order valence-electron chi connectivity index (χ2n) is 5.22. The van der Waals surface area contributed by atoms with Crippen molar-refractivity contribution in [3.05, 3.63) is 38.2 Å². The lowest BCUT2D eigenvalue weighted by Gasteiger charge is -2.13. The van der Waals surface area contributed by atoms with E-state index in [1.54, 1.807) is 6.20 Å². The molecule has 0 saturated carbocycles. The molecule has 2 aromatic rings. The molecule has 0 saturated heterocycles. The molecule has 6 heteroatoms. The molecule has 1 N–H and O–H groups in total. The number of hydrogen-bond donors (Lipinski definition) is 1. The smallest absolute Gasteiger partial charge is 0.179 e. The number of pyridine rings is 1. The predicted octanol–water partition coefficient (Wildman–Crippen LogP) is 4.18. The van der Waals surface area contributed by atoms with Crippen molar-refractivity contribution in [3.63, 3.8) is 0 Å². The third kappa shape index (κ3) is 4.08. The fourth-order valence-corrected chi connectivity index (χ4v) is 3.15. The zero-order valence-corrected chi connectivity index (χ0v) is 15.7. The van der Waals surface area contributed by atoms with Gasteiger partial charge in [0.05, 0.1) is 0 Å². The van der Waals surface area contributed by atoms with E-state index in [2.05, 4.69) is 66.0 Å². The van der Waals surface area contributed by atoms with Crippen LogP contribution in [0.15, 0.2) is 21.2 Å². The van der Waals surface area contributed by atoms with Crippen molar-refractivity contribution in [1.29, 1.82) is 0 Å². The van der Waals surface area contributed by atoms with Crippen LogP contribution in [0.3, 0.4) is 0 Å². The Morgan fingerprint density at radius 3 is 2.29 bits per heavy atom. The average molecular weight is 414 g/mol. The molecule has 0 atom stereocenters. The molecule has 0 aromatic carbocycles. The highest BCUT2D eigenvalue weighted by atomic mass is 79.9. The van der Waals surface area contributed by atoms with E-state index in [-0.39, 0.29) is 0 Å². The molecular weight excluding hydrogens is 396 g/mol. The molecule has 112 valence electrons. The Morgan fingerprint density at radius 1 is 1.14 bits per heavy atom. The first-order valence-electron chi connectivity index (χ1n) is 6.77. The molecule has 0 unspecified atom stereocenters. The molecule has 0 aliphatic rings. The Kier molecular flexibility index (Phi) is 5.46. The minimum atomic E-state index is 0.436. The van der Waals surface area contributed by atoms with Gasteiger partial charge in [0.1, 0.15) is 5.69 Å². The van der Waals surface area contributed by atoms with Crippen molar-refractivity contribution in [2.45, 2.75) is 40.3 Å². The Labute approximate surface area is 142 Å². The number of aromatic nitrogens is 3. The van der Waals surface area contributed by atoms with E-state index in [4.69, 9.17) is 0 Å². The van der Waals surface area contributed by atoms with Gasteiger partial charge in [-0.1, -0.05) is 13.8 Å². The summed E-state index contributed by atoms with van der Waals surface area (Å²) in [5, 5.41) is 3.41. The summed E-state index contributed by atoms with van der Waals surface area (Å²) >= 11 is 6.92. The highest BCUT2D eigenvalue weighted by Gasteiger charge is 2.13. The van der Waals surface area contributed by atoms with Gasteiger partial charge in [0.2, 0.25) is 0 Å². The molecule has 2 rings (SSSR count). The van der Waals surface area contributed by atoms with Gasteiger partial charge < -0.3 is 5.32 Å². The molecule has 0 radical (unpaired) electrons. The molecule has 0 bridgehead atoms. The van der Waals surface area contributed by atoms with Crippen molar-refractivity contribution in [2.24, 2.45) is 0 Å². The number of halogens is 2. The quantitative estimate of drug-likeness (QED) is 0.816. The van der Waals surface area contributed by atoms with Gasteiger partial charge in [-0.25, -0.2) is 9.97 Å². The van der Waals surface area contributed by atoms with E-state index in [1.165, 1.54) is 0 Å². The predicted molar refractivity (Wildman–Crippen MR) is 92.1 cm³/mol. The summed E-state index contributed by atoms with van der Waals surface area (Å²) in [5.74, 6) is 0.651. The van der Waals surface area contributed by atoms with Crippen molar-refractivity contribution in [3.8, 4) is 11.5 Å². The van der Waals surface area contributed by atoms with Crippen molar-refractivity contribution in [2.75, 3.05) is 0 Å². The van der Waals surface area contributed by atoms with Crippen molar-refractivity contribution in [1.82, 2.24) is 20.3 Å². The number of nitrogens with one attached hydrogen (secondary N) is 1. The summed E-state index contributed by atoms with van der Waals surface area (Å²) in [5.41, 5.74) is 3.89. The molecule has 0 fully saturated rings. The van der Waals surface area contributed by atoms with Gasteiger partial charge >= 0.3 is 0 Å². The van der Waals surface area contributed by atoms with Crippen LogP contribution >= 0.6 is 31.9 Å². The van der Waals surface area contributed by atoms with Crippen LogP contribution in [-0.4, -0.2) is 21.0 Å². The van der Waals surface area contributed by atoms with Crippen LogP contribution < -0.4 is 5.32 Å². The minimum absolute atomic E-state index is 0.436. The minimum Gasteiger partial charge on any atom is -0.310 e. The Hall–Kier alpha value is -0.850. The molecule has 21 heavy (non-hydrogen) atoms. The standard InChI is InChI=1S/C15H18Br2N4/c1-8(2)18-7-12-9(3)20-15(21-10(12)4)14-13(17)5-11(16)6-19-14/h5-6,8,18H,7H2,1-4H3. The lowest BCUT2D eigenvalue weighted by atomic mass is 10.1. The van der Waals surface area contributed by atoms with Crippen LogP contribution in [0.5, 0.6) is 0 Å².